The minimum absolute atomic E-state index is 0.213. The van der Waals surface area contributed by atoms with Crippen LogP contribution in [0.4, 0.5) is 5.69 Å². The third kappa shape index (κ3) is 4.03. The molecule has 6 nitrogen and oxygen atoms in total. The molecule has 0 atom stereocenters. The maximum absolute atomic E-state index is 13.3. The molecule has 170 valence electrons. The van der Waals surface area contributed by atoms with Crippen molar-refractivity contribution < 1.29 is 9.59 Å². The average Bonchev–Trinajstić information content (AvgIpc) is 2.88. The Morgan fingerprint density at radius 3 is 2.00 bits per heavy atom. The highest BCUT2D eigenvalue weighted by molar-refractivity contribution is 6.26. The molecular formula is C28H26N4O2. The Hall–Kier alpha value is -4.06. The smallest absolute Gasteiger partial charge is 0.261 e. The molecule has 4 aromatic rings. The number of imide groups is 1. The molecule has 1 aliphatic rings. The van der Waals surface area contributed by atoms with Gasteiger partial charge in [0.15, 0.2) is 0 Å². The van der Waals surface area contributed by atoms with Crippen molar-refractivity contribution in [1.82, 2.24) is 14.9 Å². The fraction of sp³-hybridized carbons (Fsp3) is 0.214. The lowest BCUT2D eigenvalue weighted by molar-refractivity contribution is 0.0608. The summed E-state index contributed by atoms with van der Waals surface area (Å²) in [7, 11) is 0. The topological polar surface area (TPSA) is 66.4 Å². The van der Waals surface area contributed by atoms with Crippen LogP contribution >= 0.6 is 0 Å². The quantitative estimate of drug-likeness (QED) is 0.344. The van der Waals surface area contributed by atoms with Gasteiger partial charge >= 0.3 is 0 Å². The van der Waals surface area contributed by atoms with Gasteiger partial charge < -0.3 is 4.90 Å². The van der Waals surface area contributed by atoms with E-state index < -0.39 is 0 Å². The van der Waals surface area contributed by atoms with Crippen LogP contribution in [0.5, 0.6) is 0 Å². The van der Waals surface area contributed by atoms with E-state index in [0.29, 0.717) is 30.8 Å². The number of hydrogen-bond acceptors (Lipinski definition) is 5. The van der Waals surface area contributed by atoms with Gasteiger partial charge in [-0.1, -0.05) is 37.6 Å². The van der Waals surface area contributed by atoms with E-state index in [1.165, 1.54) is 4.90 Å². The Morgan fingerprint density at radius 1 is 0.765 bits per heavy atom. The third-order valence-corrected chi connectivity index (χ3v) is 6.20. The minimum Gasteiger partial charge on any atom is -0.359 e. The van der Waals surface area contributed by atoms with E-state index in [9.17, 15) is 9.59 Å². The van der Waals surface area contributed by atoms with Crippen molar-refractivity contribution in [2.24, 2.45) is 0 Å². The molecule has 2 aromatic carbocycles. The van der Waals surface area contributed by atoms with Gasteiger partial charge in [0.1, 0.15) is 0 Å². The van der Waals surface area contributed by atoms with E-state index in [1.807, 2.05) is 66.7 Å². The summed E-state index contributed by atoms with van der Waals surface area (Å²) in [4.78, 5) is 39.1. The number of nitrogens with zero attached hydrogens (tertiary/aromatic N) is 4. The second-order valence-corrected chi connectivity index (χ2v) is 8.47. The van der Waals surface area contributed by atoms with E-state index in [0.717, 1.165) is 40.7 Å². The fourth-order valence-electron chi connectivity index (χ4n) is 4.53. The van der Waals surface area contributed by atoms with Crippen molar-refractivity contribution >= 4 is 28.3 Å². The van der Waals surface area contributed by atoms with E-state index in [2.05, 4.69) is 21.8 Å². The van der Waals surface area contributed by atoms with Gasteiger partial charge in [0.2, 0.25) is 0 Å². The number of benzene rings is 2. The van der Waals surface area contributed by atoms with Crippen LogP contribution in [0.1, 0.15) is 51.9 Å². The summed E-state index contributed by atoms with van der Waals surface area (Å²) in [6, 6.07) is 21.3. The van der Waals surface area contributed by atoms with E-state index in [1.54, 1.807) is 12.4 Å². The molecule has 0 aliphatic carbocycles. The predicted octanol–water partition coefficient (Wildman–Crippen LogP) is 5.23. The molecule has 3 heterocycles. The van der Waals surface area contributed by atoms with Crippen LogP contribution in [-0.2, 0) is 13.1 Å². The molecule has 0 radical (unpaired) electrons. The maximum Gasteiger partial charge on any atom is 0.261 e. The normalized spacial score (nSPS) is 12.9. The number of anilines is 1. The average molecular weight is 451 g/mol. The van der Waals surface area contributed by atoms with Crippen molar-refractivity contribution in [3.63, 3.8) is 0 Å². The molecule has 6 heteroatoms. The molecule has 2 amide bonds. The van der Waals surface area contributed by atoms with Gasteiger partial charge in [-0.25, -0.2) is 0 Å². The molecule has 34 heavy (non-hydrogen) atoms. The monoisotopic (exact) mass is 450 g/mol. The van der Waals surface area contributed by atoms with Gasteiger partial charge in [-0.3, -0.25) is 24.5 Å². The molecule has 0 N–H and O–H groups in total. The van der Waals surface area contributed by atoms with E-state index in [4.69, 9.17) is 0 Å². The Labute approximate surface area is 198 Å². The second kappa shape index (κ2) is 9.43. The first-order valence-corrected chi connectivity index (χ1v) is 11.6. The fourth-order valence-corrected chi connectivity index (χ4v) is 4.53. The first kappa shape index (κ1) is 21.8. The number of hydrogen-bond donors (Lipinski definition) is 0. The number of aromatic nitrogens is 2. The van der Waals surface area contributed by atoms with Crippen LogP contribution < -0.4 is 4.90 Å². The highest BCUT2D eigenvalue weighted by Crippen LogP contribution is 2.37. The van der Waals surface area contributed by atoms with E-state index >= 15 is 0 Å². The lowest BCUT2D eigenvalue weighted by atomic mass is 9.92. The Kier molecular flexibility index (Phi) is 6.04. The standard InChI is InChI=1S/C28H26N4O2/c1-2-3-17-32-27(33)23-12-8-11-22-25(14-13-24(26(22)23)28(32)34)31(18-20-9-4-6-15-29-20)19-21-10-5-7-16-30-21/h4-16H,2-3,17-19H2,1H3. The largest absolute Gasteiger partial charge is 0.359 e. The number of rotatable bonds is 8. The SMILES string of the molecule is CCCCN1C(=O)c2cccc3c(N(Cc4ccccn4)Cc4ccccn4)ccc(c23)C1=O. The summed E-state index contributed by atoms with van der Waals surface area (Å²) in [6.45, 7) is 3.63. The predicted molar refractivity (Wildman–Crippen MR) is 133 cm³/mol. The van der Waals surface area contributed by atoms with Gasteiger partial charge in [0.25, 0.3) is 11.8 Å². The molecule has 1 aliphatic heterocycles. The molecule has 0 unspecified atom stereocenters. The summed E-state index contributed by atoms with van der Waals surface area (Å²) in [6.07, 6.45) is 5.29. The second-order valence-electron chi connectivity index (χ2n) is 8.47. The number of amides is 2. The van der Waals surface area contributed by atoms with Crippen molar-refractivity contribution in [2.75, 3.05) is 11.4 Å². The zero-order chi connectivity index (χ0) is 23.5. The van der Waals surface area contributed by atoms with Gasteiger partial charge in [0, 0.05) is 46.5 Å². The van der Waals surface area contributed by atoms with Gasteiger partial charge in [-0.05, 0) is 48.9 Å². The lowest BCUT2D eigenvalue weighted by Crippen LogP contribution is -2.41. The maximum atomic E-state index is 13.3. The Morgan fingerprint density at radius 2 is 1.41 bits per heavy atom. The van der Waals surface area contributed by atoms with Crippen molar-refractivity contribution in [3.05, 3.63) is 102 Å². The van der Waals surface area contributed by atoms with Crippen LogP contribution in [0.3, 0.4) is 0 Å². The summed E-state index contributed by atoms with van der Waals surface area (Å²) < 4.78 is 0. The molecule has 0 spiro atoms. The van der Waals surface area contributed by atoms with Crippen molar-refractivity contribution in [1.29, 1.82) is 0 Å². The lowest BCUT2D eigenvalue weighted by Gasteiger charge is -2.30. The number of carbonyl (C=O) groups is 2. The minimum atomic E-state index is -0.213. The molecule has 5 rings (SSSR count). The first-order valence-electron chi connectivity index (χ1n) is 11.6. The van der Waals surface area contributed by atoms with Gasteiger partial charge in [-0.15, -0.1) is 0 Å². The zero-order valence-electron chi connectivity index (χ0n) is 19.1. The zero-order valence-corrected chi connectivity index (χ0v) is 19.1. The van der Waals surface area contributed by atoms with Crippen LogP contribution in [0.2, 0.25) is 0 Å². The highest BCUT2D eigenvalue weighted by atomic mass is 16.2. The number of unbranched alkanes of at least 4 members (excludes halogenated alkanes) is 1. The highest BCUT2D eigenvalue weighted by Gasteiger charge is 2.33. The van der Waals surface area contributed by atoms with Gasteiger partial charge in [-0.2, -0.15) is 0 Å². The van der Waals surface area contributed by atoms with Gasteiger partial charge in [0.05, 0.1) is 24.5 Å². The summed E-state index contributed by atoms with van der Waals surface area (Å²) in [5.74, 6) is -0.426. The summed E-state index contributed by atoms with van der Waals surface area (Å²) in [5.41, 5.74) is 3.97. The van der Waals surface area contributed by atoms with Crippen molar-refractivity contribution in [3.8, 4) is 0 Å². The van der Waals surface area contributed by atoms with Crippen LogP contribution in [0.25, 0.3) is 10.8 Å². The summed E-state index contributed by atoms with van der Waals surface area (Å²) in [5, 5.41) is 1.62. The number of pyridine rings is 2. The Balaban J connectivity index is 1.62. The van der Waals surface area contributed by atoms with E-state index in [-0.39, 0.29) is 11.8 Å². The van der Waals surface area contributed by atoms with Crippen LogP contribution in [-0.4, -0.2) is 33.2 Å². The molecular weight excluding hydrogens is 424 g/mol. The third-order valence-electron chi connectivity index (χ3n) is 6.20. The molecule has 0 bridgehead atoms. The molecule has 0 saturated heterocycles. The summed E-state index contributed by atoms with van der Waals surface area (Å²) >= 11 is 0. The molecule has 0 saturated carbocycles. The van der Waals surface area contributed by atoms with Crippen LogP contribution in [0.15, 0.2) is 79.1 Å². The first-order chi connectivity index (χ1) is 16.7. The number of carbonyl (C=O) groups excluding carboxylic acids is 2. The molecule has 2 aromatic heterocycles. The van der Waals surface area contributed by atoms with Crippen LogP contribution in [0, 0.1) is 0 Å². The Bertz CT molecular complexity index is 1280. The molecule has 0 fully saturated rings. The van der Waals surface area contributed by atoms with Crippen molar-refractivity contribution in [2.45, 2.75) is 32.9 Å².